The van der Waals surface area contributed by atoms with Crippen LogP contribution in [0.25, 0.3) is 0 Å². The SMILES string of the molecule is Cc1c(F)nnn1C(C)C. The molecule has 4 heteroatoms. The van der Waals surface area contributed by atoms with Gasteiger partial charge >= 0.3 is 0 Å². The summed E-state index contributed by atoms with van der Waals surface area (Å²) >= 11 is 0. The van der Waals surface area contributed by atoms with Crippen LogP contribution >= 0.6 is 0 Å². The molecule has 1 rings (SSSR count). The van der Waals surface area contributed by atoms with Gasteiger partial charge in [0.05, 0.1) is 5.69 Å². The highest BCUT2D eigenvalue weighted by atomic mass is 19.1. The highest BCUT2D eigenvalue weighted by Crippen LogP contribution is 2.07. The standard InChI is InChI=1S/C6H10FN3/c1-4(2)10-5(3)6(7)8-9-10/h4H,1-3H3. The maximum atomic E-state index is 12.5. The van der Waals surface area contributed by atoms with E-state index in [-0.39, 0.29) is 6.04 Å². The molecule has 56 valence electrons. The summed E-state index contributed by atoms with van der Waals surface area (Å²) in [7, 11) is 0. The molecule has 0 N–H and O–H groups in total. The second-order valence-corrected chi connectivity index (χ2v) is 2.50. The zero-order valence-corrected chi connectivity index (χ0v) is 6.30. The third-order valence-electron chi connectivity index (χ3n) is 1.36. The molecule has 0 fully saturated rings. The van der Waals surface area contributed by atoms with E-state index in [9.17, 15) is 4.39 Å². The van der Waals surface area contributed by atoms with E-state index in [1.807, 2.05) is 13.8 Å². The molecule has 0 atom stereocenters. The van der Waals surface area contributed by atoms with E-state index in [1.165, 1.54) is 0 Å². The molecule has 0 aromatic carbocycles. The van der Waals surface area contributed by atoms with Crippen molar-refractivity contribution in [3.05, 3.63) is 11.6 Å². The van der Waals surface area contributed by atoms with Crippen LogP contribution < -0.4 is 0 Å². The van der Waals surface area contributed by atoms with Gasteiger partial charge < -0.3 is 0 Å². The first kappa shape index (κ1) is 7.18. The summed E-state index contributed by atoms with van der Waals surface area (Å²) < 4.78 is 14.1. The van der Waals surface area contributed by atoms with Crippen LogP contribution in [0.4, 0.5) is 4.39 Å². The maximum absolute atomic E-state index is 12.5. The zero-order valence-electron chi connectivity index (χ0n) is 6.30. The summed E-state index contributed by atoms with van der Waals surface area (Å²) in [5.41, 5.74) is 0.495. The largest absolute Gasteiger partial charge is 0.255 e. The summed E-state index contributed by atoms with van der Waals surface area (Å²) in [6.07, 6.45) is 0. The van der Waals surface area contributed by atoms with Gasteiger partial charge in [0.1, 0.15) is 0 Å². The van der Waals surface area contributed by atoms with Crippen LogP contribution in [0, 0.1) is 12.9 Å². The minimum atomic E-state index is -0.478. The lowest BCUT2D eigenvalue weighted by Crippen LogP contribution is -2.04. The summed E-state index contributed by atoms with van der Waals surface area (Å²) in [4.78, 5) is 0. The number of nitrogens with zero attached hydrogens (tertiary/aromatic N) is 3. The molecule has 0 bridgehead atoms. The quantitative estimate of drug-likeness (QED) is 0.593. The Morgan fingerprint density at radius 3 is 2.30 bits per heavy atom. The fraction of sp³-hybridized carbons (Fsp3) is 0.667. The van der Waals surface area contributed by atoms with Crippen molar-refractivity contribution >= 4 is 0 Å². The van der Waals surface area contributed by atoms with Crippen molar-refractivity contribution in [1.82, 2.24) is 15.0 Å². The van der Waals surface area contributed by atoms with Crippen LogP contribution in [-0.4, -0.2) is 15.0 Å². The van der Waals surface area contributed by atoms with Crippen molar-refractivity contribution in [3.8, 4) is 0 Å². The van der Waals surface area contributed by atoms with Crippen LogP contribution in [0.5, 0.6) is 0 Å². The van der Waals surface area contributed by atoms with Crippen molar-refractivity contribution < 1.29 is 4.39 Å². The molecule has 0 amide bonds. The van der Waals surface area contributed by atoms with E-state index in [0.29, 0.717) is 5.69 Å². The maximum Gasteiger partial charge on any atom is 0.255 e. The molecule has 0 unspecified atom stereocenters. The lowest BCUT2D eigenvalue weighted by atomic mass is 10.4. The van der Waals surface area contributed by atoms with Gasteiger partial charge in [-0.25, -0.2) is 4.68 Å². The van der Waals surface area contributed by atoms with Crippen molar-refractivity contribution in [2.45, 2.75) is 26.8 Å². The summed E-state index contributed by atoms with van der Waals surface area (Å²) in [6.45, 7) is 5.53. The summed E-state index contributed by atoms with van der Waals surface area (Å²) in [5, 5.41) is 6.89. The van der Waals surface area contributed by atoms with Crippen LogP contribution in [-0.2, 0) is 0 Å². The van der Waals surface area contributed by atoms with E-state index in [1.54, 1.807) is 11.6 Å². The van der Waals surface area contributed by atoms with Crippen LogP contribution in [0.1, 0.15) is 25.6 Å². The Morgan fingerprint density at radius 1 is 1.50 bits per heavy atom. The molecule has 0 aliphatic heterocycles. The van der Waals surface area contributed by atoms with Crippen LogP contribution in [0.3, 0.4) is 0 Å². The van der Waals surface area contributed by atoms with E-state index in [4.69, 9.17) is 0 Å². The number of aromatic nitrogens is 3. The topological polar surface area (TPSA) is 30.7 Å². The molecule has 3 nitrogen and oxygen atoms in total. The number of rotatable bonds is 1. The number of hydrogen-bond acceptors (Lipinski definition) is 2. The minimum Gasteiger partial charge on any atom is -0.244 e. The highest BCUT2D eigenvalue weighted by molar-refractivity contribution is 4.93. The van der Waals surface area contributed by atoms with Crippen molar-refractivity contribution in [2.24, 2.45) is 0 Å². The molecule has 1 aromatic heterocycles. The zero-order chi connectivity index (χ0) is 7.72. The molecule has 0 aliphatic rings. The van der Waals surface area contributed by atoms with E-state index < -0.39 is 5.95 Å². The minimum absolute atomic E-state index is 0.178. The predicted octanol–water partition coefficient (Wildman–Crippen LogP) is 1.31. The van der Waals surface area contributed by atoms with Gasteiger partial charge in [-0.3, -0.25) is 0 Å². The third-order valence-corrected chi connectivity index (χ3v) is 1.36. The van der Waals surface area contributed by atoms with E-state index >= 15 is 0 Å². The first-order chi connectivity index (χ1) is 4.63. The highest BCUT2D eigenvalue weighted by Gasteiger charge is 2.08. The Hall–Kier alpha value is -0.930. The molecule has 0 radical (unpaired) electrons. The van der Waals surface area contributed by atoms with Gasteiger partial charge in [0.15, 0.2) is 0 Å². The van der Waals surface area contributed by atoms with Gasteiger partial charge in [0.2, 0.25) is 0 Å². The predicted molar refractivity (Wildman–Crippen MR) is 35.1 cm³/mol. The van der Waals surface area contributed by atoms with Gasteiger partial charge in [-0.15, -0.1) is 0 Å². The van der Waals surface area contributed by atoms with Crippen molar-refractivity contribution in [1.29, 1.82) is 0 Å². The average Bonchev–Trinajstić information content (AvgIpc) is 2.14. The van der Waals surface area contributed by atoms with Gasteiger partial charge in [-0.1, -0.05) is 10.3 Å². The monoisotopic (exact) mass is 143 g/mol. The normalized spacial score (nSPS) is 10.9. The number of halogens is 1. The third kappa shape index (κ3) is 1.01. The van der Waals surface area contributed by atoms with Crippen LogP contribution in [0.2, 0.25) is 0 Å². The molecule has 0 saturated heterocycles. The Balaban J connectivity index is 3.05. The average molecular weight is 143 g/mol. The summed E-state index contributed by atoms with van der Waals surface area (Å²) in [6, 6.07) is 0.178. The molecular formula is C6H10FN3. The fourth-order valence-corrected chi connectivity index (χ4v) is 0.812. The Morgan fingerprint density at radius 2 is 2.10 bits per heavy atom. The Labute approximate surface area is 58.9 Å². The molecule has 1 heterocycles. The summed E-state index contributed by atoms with van der Waals surface area (Å²) in [5.74, 6) is -0.478. The fourth-order valence-electron chi connectivity index (χ4n) is 0.812. The molecule has 0 spiro atoms. The van der Waals surface area contributed by atoms with E-state index in [2.05, 4.69) is 10.3 Å². The van der Waals surface area contributed by atoms with Gasteiger partial charge in [0.25, 0.3) is 5.95 Å². The van der Waals surface area contributed by atoms with Crippen LogP contribution in [0.15, 0.2) is 0 Å². The Bertz CT molecular complexity index is 229. The first-order valence-electron chi connectivity index (χ1n) is 3.20. The van der Waals surface area contributed by atoms with Crippen molar-refractivity contribution in [2.75, 3.05) is 0 Å². The van der Waals surface area contributed by atoms with Gasteiger partial charge in [0, 0.05) is 6.04 Å². The molecular weight excluding hydrogens is 133 g/mol. The van der Waals surface area contributed by atoms with Gasteiger partial charge in [-0.2, -0.15) is 4.39 Å². The first-order valence-corrected chi connectivity index (χ1v) is 3.20. The van der Waals surface area contributed by atoms with E-state index in [0.717, 1.165) is 0 Å². The lowest BCUT2D eigenvalue weighted by molar-refractivity contribution is 0.502. The lowest BCUT2D eigenvalue weighted by Gasteiger charge is -2.04. The molecule has 0 saturated carbocycles. The number of hydrogen-bond donors (Lipinski definition) is 0. The second-order valence-electron chi connectivity index (χ2n) is 2.50. The van der Waals surface area contributed by atoms with Gasteiger partial charge in [-0.05, 0) is 20.8 Å². The van der Waals surface area contributed by atoms with Crippen molar-refractivity contribution in [3.63, 3.8) is 0 Å². The molecule has 1 aromatic rings. The molecule has 0 aliphatic carbocycles. The Kier molecular flexibility index (Phi) is 1.70. The second kappa shape index (κ2) is 2.36. The smallest absolute Gasteiger partial charge is 0.244 e. The molecule has 10 heavy (non-hydrogen) atoms.